The molecule has 4 aromatic heterocycles. The van der Waals surface area contributed by atoms with Crippen molar-refractivity contribution in [3.63, 3.8) is 0 Å². The first kappa shape index (κ1) is 41.5. The van der Waals surface area contributed by atoms with Crippen LogP contribution in [-0.4, -0.2) is 97.4 Å². The number of hydrogen-bond acceptors (Lipinski definition) is 11. The van der Waals surface area contributed by atoms with Gasteiger partial charge >= 0.3 is 0 Å². The molecule has 59 heavy (non-hydrogen) atoms. The highest BCUT2D eigenvalue weighted by atomic mass is 35.5. The number of aromatic amines is 2. The van der Waals surface area contributed by atoms with Gasteiger partial charge < -0.3 is 40.3 Å². The lowest BCUT2D eigenvalue weighted by molar-refractivity contribution is -0.125. The van der Waals surface area contributed by atoms with Gasteiger partial charge in [-0.25, -0.2) is 19.9 Å². The van der Waals surface area contributed by atoms with Gasteiger partial charge in [0.2, 0.25) is 11.1 Å². The molecule has 2 atom stereocenters. The highest BCUT2D eigenvalue weighted by Gasteiger charge is 2.25. The van der Waals surface area contributed by atoms with E-state index in [2.05, 4.69) is 82.7 Å². The fourth-order valence-electron chi connectivity index (χ4n) is 6.15. The number of nitrogens with one attached hydrogen (secondary N) is 5. The topological polar surface area (TPSA) is 175 Å². The van der Waals surface area contributed by atoms with E-state index >= 15 is 0 Å². The summed E-state index contributed by atoms with van der Waals surface area (Å²) in [4.78, 5) is 46.8. The third-order valence-electron chi connectivity index (χ3n) is 8.98. The summed E-state index contributed by atoms with van der Waals surface area (Å²) in [6, 6.07) is 23.7. The molecule has 0 saturated carbocycles. The van der Waals surface area contributed by atoms with Crippen LogP contribution >= 0.6 is 11.6 Å². The lowest BCUT2D eigenvalue weighted by Gasteiger charge is -2.15. The number of hydrogen-bond donors (Lipinski definition) is 5. The maximum absolute atomic E-state index is 11.8. The first-order valence-electron chi connectivity index (χ1n) is 18.9. The smallest absolute Gasteiger partial charge is 0.246 e. The standard InChI is InChI=1S/C22H21N5O2.C19H19N5O.C3H3ClO/c1-2-20(28)27-11-10-17(14-27)26-22-19-13-16(25-21(19)23-15-24-22)7-6-12-29-18-8-4-3-5-9-18;1-2-6-16(7-3-1)25-10-4-5-14-11-17-18(23-14)21-13-22-19(17)24-15-8-9-20-12-15;1-2-3(4)5/h2-5,8-9,13,15,17H,1,10-12,14H2,(H2,23,24,25,26);1-3,6-7,11,13,15,20H,8-10,12H2,(H2,21,22,23,24);2H,1H2. The van der Waals surface area contributed by atoms with Gasteiger partial charge in [0.1, 0.15) is 60.3 Å². The molecule has 2 aliphatic rings. The van der Waals surface area contributed by atoms with E-state index in [1.807, 2.05) is 72.8 Å². The first-order valence-corrected chi connectivity index (χ1v) is 19.2. The number of aromatic nitrogens is 6. The van der Waals surface area contributed by atoms with Crippen LogP contribution in [0.2, 0.25) is 0 Å². The molecular weight excluding hydrogens is 768 g/mol. The Labute approximate surface area is 346 Å². The molecule has 6 aromatic rings. The summed E-state index contributed by atoms with van der Waals surface area (Å²) in [5.74, 6) is 15.3. The average molecular weight is 811 g/mol. The van der Waals surface area contributed by atoms with E-state index in [0.717, 1.165) is 82.9 Å². The van der Waals surface area contributed by atoms with Crippen LogP contribution in [0.1, 0.15) is 24.2 Å². The molecule has 2 aliphatic heterocycles. The van der Waals surface area contributed by atoms with E-state index in [1.165, 1.54) is 12.4 Å². The summed E-state index contributed by atoms with van der Waals surface area (Å²) in [5, 5.41) is 11.6. The van der Waals surface area contributed by atoms with Crippen molar-refractivity contribution in [2.45, 2.75) is 24.9 Å². The van der Waals surface area contributed by atoms with Gasteiger partial charge in [0.25, 0.3) is 0 Å². The molecule has 0 bridgehead atoms. The molecule has 2 saturated heterocycles. The zero-order chi connectivity index (χ0) is 41.2. The number of allylic oxidation sites excluding steroid dienone is 1. The number of H-pyrrole nitrogens is 2. The number of nitrogens with zero attached hydrogens (tertiary/aromatic N) is 5. The molecule has 300 valence electrons. The zero-order valence-corrected chi connectivity index (χ0v) is 33.0. The molecule has 8 rings (SSSR count). The second-order valence-electron chi connectivity index (χ2n) is 13.1. The number of carbonyl (C=O) groups excluding carboxylic acids is 2. The van der Waals surface area contributed by atoms with Gasteiger partial charge in [-0.05, 0) is 91.4 Å². The number of likely N-dealkylation sites (tertiary alicyclic amines) is 1. The SMILES string of the molecule is C(#Cc1cc2c(NC3CCNC3)ncnc2[nH]1)COc1ccccc1.C=CC(=O)Cl.C=CC(=O)N1CCC(Nc2ncnc3[nH]c(C#CCOc4ccccc4)cc23)C1. The number of amides is 1. The minimum Gasteiger partial charge on any atom is -0.481 e. The van der Waals surface area contributed by atoms with Crippen molar-refractivity contribution in [1.29, 1.82) is 0 Å². The summed E-state index contributed by atoms with van der Waals surface area (Å²) in [7, 11) is 0. The lowest BCUT2D eigenvalue weighted by Crippen LogP contribution is -2.30. The van der Waals surface area contributed by atoms with Crippen LogP contribution in [-0.2, 0) is 9.59 Å². The molecule has 5 N–H and O–H groups in total. The van der Waals surface area contributed by atoms with Crippen molar-refractivity contribution in [3.05, 3.63) is 122 Å². The van der Waals surface area contributed by atoms with E-state index in [9.17, 15) is 9.59 Å². The fourth-order valence-corrected chi connectivity index (χ4v) is 6.15. The minimum atomic E-state index is -0.509. The Morgan fingerprint density at radius 3 is 1.78 bits per heavy atom. The Hall–Kier alpha value is -7.13. The Bertz CT molecular complexity index is 2480. The lowest BCUT2D eigenvalue weighted by atomic mass is 10.2. The van der Waals surface area contributed by atoms with Gasteiger partial charge in [0, 0.05) is 31.7 Å². The second kappa shape index (κ2) is 21.4. The van der Waals surface area contributed by atoms with Gasteiger partial charge in [-0.3, -0.25) is 9.59 Å². The van der Waals surface area contributed by atoms with Crippen molar-refractivity contribution < 1.29 is 19.1 Å². The minimum absolute atomic E-state index is 0.0425. The number of fused-ring (bicyclic) bond motifs is 2. The van der Waals surface area contributed by atoms with Crippen molar-refractivity contribution in [1.82, 2.24) is 40.1 Å². The third kappa shape index (κ3) is 12.4. The molecule has 2 fully saturated rings. The summed E-state index contributed by atoms with van der Waals surface area (Å²) in [6.07, 6.45) is 7.43. The molecule has 2 unspecified atom stereocenters. The maximum Gasteiger partial charge on any atom is 0.246 e. The number of anilines is 2. The predicted octanol–water partition coefficient (Wildman–Crippen LogP) is 5.69. The molecule has 0 radical (unpaired) electrons. The number of rotatable bonds is 10. The number of para-hydroxylation sites is 2. The van der Waals surface area contributed by atoms with Crippen LogP contribution in [0.15, 0.2) is 111 Å². The highest BCUT2D eigenvalue weighted by molar-refractivity contribution is 6.66. The number of ether oxygens (including phenoxy) is 2. The van der Waals surface area contributed by atoms with Crippen LogP contribution in [0.3, 0.4) is 0 Å². The Kier molecular flexibility index (Phi) is 15.1. The van der Waals surface area contributed by atoms with Gasteiger partial charge in [0.05, 0.1) is 22.2 Å². The quantitative estimate of drug-likeness (QED) is 0.0654. The molecule has 6 heterocycles. The summed E-state index contributed by atoms with van der Waals surface area (Å²) in [6.45, 7) is 10.6. The third-order valence-corrected chi connectivity index (χ3v) is 9.14. The van der Waals surface area contributed by atoms with Crippen molar-refractivity contribution in [3.8, 4) is 35.2 Å². The van der Waals surface area contributed by atoms with Gasteiger partial charge in [0.15, 0.2) is 0 Å². The molecule has 0 spiro atoms. The molecular formula is C44H43ClN10O4. The van der Waals surface area contributed by atoms with E-state index in [4.69, 9.17) is 21.1 Å². The normalized spacial score (nSPS) is 15.2. The molecule has 1 amide bonds. The van der Waals surface area contributed by atoms with Gasteiger partial charge in [-0.1, -0.05) is 61.4 Å². The number of carbonyl (C=O) groups is 2. The Morgan fingerprint density at radius 2 is 1.31 bits per heavy atom. The molecule has 14 nitrogen and oxygen atoms in total. The number of halogens is 1. The molecule has 2 aromatic carbocycles. The monoisotopic (exact) mass is 810 g/mol. The van der Waals surface area contributed by atoms with Crippen LogP contribution in [0.5, 0.6) is 11.5 Å². The van der Waals surface area contributed by atoms with E-state index in [0.29, 0.717) is 38.0 Å². The highest BCUT2D eigenvalue weighted by Crippen LogP contribution is 2.24. The molecule has 15 heteroatoms. The van der Waals surface area contributed by atoms with Gasteiger partial charge in [-0.15, -0.1) is 0 Å². The maximum atomic E-state index is 11.8. The van der Waals surface area contributed by atoms with E-state index in [-0.39, 0.29) is 11.9 Å². The Balaban J connectivity index is 0.000000180. The fraction of sp³-hybridized carbons (Fsp3) is 0.227. The summed E-state index contributed by atoms with van der Waals surface area (Å²) in [5.41, 5.74) is 3.05. The van der Waals surface area contributed by atoms with Crippen LogP contribution in [0.4, 0.5) is 11.6 Å². The van der Waals surface area contributed by atoms with Crippen LogP contribution in [0.25, 0.3) is 22.1 Å². The predicted molar refractivity (Wildman–Crippen MR) is 230 cm³/mol. The van der Waals surface area contributed by atoms with E-state index in [1.54, 1.807) is 11.2 Å². The first-order chi connectivity index (χ1) is 28.9. The van der Waals surface area contributed by atoms with Gasteiger partial charge in [-0.2, -0.15) is 0 Å². The molecule has 0 aliphatic carbocycles. The van der Waals surface area contributed by atoms with Crippen LogP contribution in [0, 0.1) is 23.7 Å². The van der Waals surface area contributed by atoms with Crippen molar-refractivity contribution in [2.24, 2.45) is 0 Å². The van der Waals surface area contributed by atoms with Crippen molar-refractivity contribution >= 4 is 56.5 Å². The van der Waals surface area contributed by atoms with E-state index < -0.39 is 5.24 Å². The number of benzene rings is 2. The average Bonchev–Trinajstić information content (AvgIpc) is 4.10. The summed E-state index contributed by atoms with van der Waals surface area (Å²) >= 11 is 4.71. The van der Waals surface area contributed by atoms with Crippen molar-refractivity contribution in [2.75, 3.05) is 50.0 Å². The zero-order valence-electron chi connectivity index (χ0n) is 32.2. The summed E-state index contributed by atoms with van der Waals surface area (Å²) < 4.78 is 11.2. The largest absolute Gasteiger partial charge is 0.481 e. The Morgan fingerprint density at radius 1 is 0.780 bits per heavy atom. The second-order valence-corrected chi connectivity index (χ2v) is 13.5. The van der Waals surface area contributed by atoms with Crippen LogP contribution < -0.4 is 25.4 Å².